The second kappa shape index (κ2) is 12.2. The van der Waals surface area contributed by atoms with Gasteiger partial charge in [0.05, 0.1) is 37.4 Å². The van der Waals surface area contributed by atoms with Crippen LogP contribution in [0.5, 0.6) is 0 Å². The molecule has 0 spiro atoms. The first-order valence-corrected chi connectivity index (χ1v) is 13.6. The zero-order valence-corrected chi connectivity index (χ0v) is 22.3. The summed E-state index contributed by atoms with van der Waals surface area (Å²) in [4.78, 5) is 14.3. The minimum Gasteiger partial charge on any atom is -0.466 e. The smallest absolute Gasteiger partial charge is 0.310 e. The van der Waals surface area contributed by atoms with Crippen molar-refractivity contribution in [2.45, 2.75) is 38.0 Å². The fraction of sp³-hybridized carbons (Fsp3) is 0.273. The lowest BCUT2D eigenvalue weighted by molar-refractivity contribution is -0.142. The SMILES string of the molecule is CCOC(=O)Cc1cnn(C/C=C2\CN(C(c3ccccc3)(c3ccccc3)c3ccccc3)CCC2O)c1. The fourth-order valence-corrected chi connectivity index (χ4v) is 5.63. The zero-order valence-electron chi connectivity index (χ0n) is 22.3. The Hall–Kier alpha value is -4.00. The Balaban J connectivity index is 1.49. The van der Waals surface area contributed by atoms with Crippen LogP contribution in [0.3, 0.4) is 0 Å². The van der Waals surface area contributed by atoms with Gasteiger partial charge in [-0.1, -0.05) is 97.1 Å². The van der Waals surface area contributed by atoms with Crippen LogP contribution in [0.2, 0.25) is 0 Å². The number of hydrogen-bond acceptors (Lipinski definition) is 5. The third kappa shape index (κ3) is 5.72. The van der Waals surface area contributed by atoms with E-state index < -0.39 is 11.6 Å². The predicted molar refractivity (Wildman–Crippen MR) is 152 cm³/mol. The number of hydrogen-bond donors (Lipinski definition) is 1. The molecule has 1 saturated heterocycles. The van der Waals surface area contributed by atoms with E-state index in [1.165, 1.54) is 16.7 Å². The molecule has 0 bridgehead atoms. The molecule has 4 aromatic rings. The molecule has 200 valence electrons. The average Bonchev–Trinajstić information content (AvgIpc) is 3.42. The van der Waals surface area contributed by atoms with Crippen LogP contribution in [0, 0.1) is 0 Å². The summed E-state index contributed by atoms with van der Waals surface area (Å²) in [6.45, 7) is 4.02. The normalized spacial score (nSPS) is 17.3. The minimum atomic E-state index is -0.526. The maximum absolute atomic E-state index is 11.8. The number of rotatable bonds is 9. The molecule has 6 heteroatoms. The summed E-state index contributed by atoms with van der Waals surface area (Å²) in [5.41, 5.74) is 4.82. The quantitative estimate of drug-likeness (QED) is 0.191. The molecule has 5 rings (SSSR count). The van der Waals surface area contributed by atoms with E-state index in [9.17, 15) is 9.90 Å². The Bertz CT molecular complexity index is 1290. The van der Waals surface area contributed by atoms with Gasteiger partial charge in [0, 0.05) is 24.8 Å². The van der Waals surface area contributed by atoms with Crippen molar-refractivity contribution in [1.29, 1.82) is 0 Å². The van der Waals surface area contributed by atoms with Gasteiger partial charge in [-0.2, -0.15) is 5.10 Å². The van der Waals surface area contributed by atoms with Gasteiger partial charge in [0.1, 0.15) is 0 Å². The van der Waals surface area contributed by atoms with E-state index >= 15 is 0 Å². The standard InChI is InChI=1S/C33H35N3O3/c1-2-39-32(38)22-26-23-34-36(24-26)21-18-27-25-35(20-19-31(27)37)33(28-12-6-3-7-13-28,29-14-8-4-9-15-29)30-16-10-5-11-17-30/h3-18,23-24,31,37H,2,19-22,25H2,1H3/b27-18+. The number of carbonyl (C=O) groups is 1. The molecule has 1 aliphatic rings. The lowest BCUT2D eigenvalue weighted by Gasteiger charge is -2.48. The van der Waals surface area contributed by atoms with E-state index in [4.69, 9.17) is 4.74 Å². The summed E-state index contributed by atoms with van der Waals surface area (Å²) in [6.07, 6.45) is 5.95. The fourth-order valence-electron chi connectivity index (χ4n) is 5.63. The molecule has 6 nitrogen and oxygen atoms in total. The summed E-state index contributed by atoms with van der Waals surface area (Å²) in [5.74, 6) is -0.257. The van der Waals surface area contributed by atoms with Crippen LogP contribution >= 0.6 is 0 Å². The molecule has 1 atom stereocenters. The van der Waals surface area contributed by atoms with Crippen molar-refractivity contribution >= 4 is 5.97 Å². The third-order valence-corrected chi connectivity index (χ3v) is 7.40. The van der Waals surface area contributed by atoms with Crippen molar-refractivity contribution in [2.24, 2.45) is 0 Å². The first-order chi connectivity index (χ1) is 19.1. The van der Waals surface area contributed by atoms with E-state index in [1.807, 2.05) is 6.20 Å². The highest BCUT2D eigenvalue weighted by Gasteiger charge is 2.44. The van der Waals surface area contributed by atoms with Gasteiger partial charge in [-0.25, -0.2) is 0 Å². The molecule has 1 N–H and O–H groups in total. The Morgan fingerprint density at radius 1 is 0.974 bits per heavy atom. The maximum atomic E-state index is 11.8. The van der Waals surface area contributed by atoms with Gasteiger partial charge in [-0.3, -0.25) is 14.4 Å². The van der Waals surface area contributed by atoms with Gasteiger partial charge in [0.25, 0.3) is 0 Å². The minimum absolute atomic E-state index is 0.203. The van der Waals surface area contributed by atoms with Gasteiger partial charge < -0.3 is 9.84 Å². The van der Waals surface area contributed by atoms with E-state index in [2.05, 4.69) is 107 Å². The van der Waals surface area contributed by atoms with Gasteiger partial charge in [-0.15, -0.1) is 0 Å². The molecule has 39 heavy (non-hydrogen) atoms. The van der Waals surface area contributed by atoms with E-state index in [0.29, 0.717) is 26.1 Å². The van der Waals surface area contributed by atoms with Crippen molar-refractivity contribution in [3.8, 4) is 0 Å². The summed E-state index contributed by atoms with van der Waals surface area (Å²) < 4.78 is 6.85. The Kier molecular flexibility index (Phi) is 8.35. The lowest BCUT2D eigenvalue weighted by Crippen LogP contribution is -2.53. The lowest BCUT2D eigenvalue weighted by atomic mass is 9.74. The molecule has 1 fully saturated rings. The first-order valence-electron chi connectivity index (χ1n) is 13.6. The summed E-state index contributed by atoms with van der Waals surface area (Å²) in [6, 6.07) is 31.9. The van der Waals surface area contributed by atoms with Crippen LogP contribution < -0.4 is 0 Å². The number of likely N-dealkylation sites (tertiary alicyclic amines) is 1. The van der Waals surface area contributed by atoms with Gasteiger partial charge in [-0.05, 0) is 35.6 Å². The molecule has 0 saturated carbocycles. The van der Waals surface area contributed by atoms with Gasteiger partial charge >= 0.3 is 5.97 Å². The topological polar surface area (TPSA) is 67.6 Å². The molecule has 1 aromatic heterocycles. The van der Waals surface area contributed by atoms with E-state index in [1.54, 1.807) is 17.8 Å². The van der Waals surface area contributed by atoms with Crippen molar-refractivity contribution < 1.29 is 14.6 Å². The molecule has 0 amide bonds. The van der Waals surface area contributed by atoms with Crippen LogP contribution in [0.1, 0.15) is 35.6 Å². The van der Waals surface area contributed by atoms with Crippen LogP contribution in [0.15, 0.2) is 115 Å². The van der Waals surface area contributed by atoms with Gasteiger partial charge in [0.15, 0.2) is 0 Å². The highest BCUT2D eigenvalue weighted by Crippen LogP contribution is 2.44. The Morgan fingerprint density at radius 2 is 1.54 bits per heavy atom. The molecule has 0 aliphatic carbocycles. The monoisotopic (exact) mass is 521 g/mol. The number of aromatic nitrogens is 2. The van der Waals surface area contributed by atoms with E-state index in [0.717, 1.165) is 17.7 Å². The molecule has 1 aliphatic heterocycles. The van der Waals surface area contributed by atoms with Crippen molar-refractivity contribution in [1.82, 2.24) is 14.7 Å². The molecule has 2 heterocycles. The Morgan fingerprint density at radius 3 is 2.08 bits per heavy atom. The van der Waals surface area contributed by atoms with Crippen molar-refractivity contribution in [2.75, 3.05) is 19.7 Å². The number of allylic oxidation sites excluding steroid dienone is 1. The first kappa shape index (κ1) is 26.6. The van der Waals surface area contributed by atoms with Crippen molar-refractivity contribution in [3.63, 3.8) is 0 Å². The highest BCUT2D eigenvalue weighted by molar-refractivity contribution is 5.72. The number of carbonyl (C=O) groups excluding carboxylic acids is 1. The summed E-state index contributed by atoms with van der Waals surface area (Å²) in [7, 11) is 0. The molecular formula is C33H35N3O3. The highest BCUT2D eigenvalue weighted by atomic mass is 16.5. The van der Waals surface area contributed by atoms with Crippen LogP contribution in [-0.2, 0) is 28.0 Å². The van der Waals surface area contributed by atoms with Crippen LogP contribution in [-0.4, -0.2) is 51.6 Å². The van der Waals surface area contributed by atoms with Crippen LogP contribution in [0.25, 0.3) is 0 Å². The predicted octanol–water partition coefficient (Wildman–Crippen LogP) is 4.97. The number of esters is 1. The van der Waals surface area contributed by atoms with E-state index in [-0.39, 0.29) is 12.4 Å². The molecular weight excluding hydrogens is 486 g/mol. The van der Waals surface area contributed by atoms with Gasteiger partial charge in [0.2, 0.25) is 0 Å². The number of aliphatic hydroxyl groups is 1. The summed E-state index contributed by atoms with van der Waals surface area (Å²) in [5, 5.41) is 15.5. The number of piperidine rings is 1. The molecule has 1 unspecified atom stereocenters. The Labute approximate surface area is 230 Å². The average molecular weight is 522 g/mol. The van der Waals surface area contributed by atoms with Crippen molar-refractivity contribution in [3.05, 3.63) is 137 Å². The number of ether oxygens (including phenoxy) is 1. The second-order valence-electron chi connectivity index (χ2n) is 9.87. The molecule has 0 radical (unpaired) electrons. The maximum Gasteiger partial charge on any atom is 0.310 e. The number of benzene rings is 3. The number of aliphatic hydroxyl groups excluding tert-OH is 1. The summed E-state index contributed by atoms with van der Waals surface area (Å²) >= 11 is 0. The molecule has 3 aromatic carbocycles. The third-order valence-electron chi connectivity index (χ3n) is 7.40. The largest absolute Gasteiger partial charge is 0.466 e. The van der Waals surface area contributed by atoms with Crippen LogP contribution in [0.4, 0.5) is 0 Å². The zero-order chi connectivity index (χ0) is 27.1. The number of nitrogens with zero attached hydrogens (tertiary/aromatic N) is 3. The second-order valence-corrected chi connectivity index (χ2v) is 9.87.